The van der Waals surface area contributed by atoms with Crippen molar-refractivity contribution in [2.75, 3.05) is 13.2 Å². The maximum Gasteiger partial charge on any atom is 0.344 e. The van der Waals surface area contributed by atoms with Crippen molar-refractivity contribution in [3.8, 4) is 17.4 Å². The van der Waals surface area contributed by atoms with Crippen LogP contribution >= 0.6 is 11.3 Å². The normalized spacial score (nSPS) is 10.3. The summed E-state index contributed by atoms with van der Waals surface area (Å²) in [6.45, 7) is 1.89. The van der Waals surface area contributed by atoms with E-state index in [2.05, 4.69) is 4.98 Å². The number of thiophene rings is 1. The smallest absolute Gasteiger partial charge is 0.344 e. The van der Waals surface area contributed by atoms with Crippen molar-refractivity contribution in [3.05, 3.63) is 70.5 Å². The van der Waals surface area contributed by atoms with Gasteiger partial charge in [-0.1, -0.05) is 6.07 Å². The summed E-state index contributed by atoms with van der Waals surface area (Å²) in [6.07, 6.45) is 1.57. The Balaban J connectivity index is 1.69. The molecule has 0 saturated carbocycles. The lowest BCUT2D eigenvalue weighted by Crippen LogP contribution is -2.14. The highest BCUT2D eigenvalue weighted by Gasteiger charge is 2.17. The van der Waals surface area contributed by atoms with Gasteiger partial charge in [-0.15, -0.1) is 11.3 Å². The van der Waals surface area contributed by atoms with Crippen molar-refractivity contribution in [1.82, 2.24) is 4.98 Å². The van der Waals surface area contributed by atoms with Crippen LogP contribution in [-0.4, -0.2) is 30.0 Å². The van der Waals surface area contributed by atoms with Crippen LogP contribution in [0.2, 0.25) is 0 Å². The Kier molecular flexibility index (Phi) is 6.17. The molecule has 1 aromatic carbocycles. The fourth-order valence-electron chi connectivity index (χ4n) is 2.25. The molecule has 0 saturated heterocycles. The Labute approximate surface area is 160 Å². The molecule has 0 aliphatic rings. The van der Waals surface area contributed by atoms with Gasteiger partial charge in [0.1, 0.15) is 11.5 Å². The summed E-state index contributed by atoms with van der Waals surface area (Å²) < 4.78 is 15.9. The molecule has 0 N–H and O–H groups in total. The Morgan fingerprint density at radius 1 is 1.04 bits per heavy atom. The van der Waals surface area contributed by atoms with E-state index >= 15 is 0 Å². The molecule has 0 radical (unpaired) electrons. The van der Waals surface area contributed by atoms with E-state index in [0.29, 0.717) is 28.5 Å². The third-order valence-corrected chi connectivity index (χ3v) is 4.33. The molecule has 6 nitrogen and oxygen atoms in total. The van der Waals surface area contributed by atoms with E-state index in [1.807, 2.05) is 11.4 Å². The minimum absolute atomic E-state index is 0.137. The van der Waals surface area contributed by atoms with Crippen molar-refractivity contribution in [2.24, 2.45) is 0 Å². The molecular formula is C20H17NO5S. The zero-order valence-corrected chi connectivity index (χ0v) is 15.4. The number of pyridine rings is 1. The van der Waals surface area contributed by atoms with E-state index in [1.54, 1.807) is 55.6 Å². The quantitative estimate of drug-likeness (QED) is 0.430. The molecule has 0 fully saturated rings. The van der Waals surface area contributed by atoms with Crippen LogP contribution in [0.1, 0.15) is 22.2 Å². The van der Waals surface area contributed by atoms with E-state index in [-0.39, 0.29) is 18.3 Å². The SMILES string of the molecule is CCOC(=O)COc1ccc(Oc2ncccc2C(=O)c2cccs2)cc1. The molecule has 2 aromatic heterocycles. The summed E-state index contributed by atoms with van der Waals surface area (Å²) in [5, 5.41) is 1.85. The molecule has 0 unspecified atom stereocenters. The molecule has 7 heteroatoms. The van der Waals surface area contributed by atoms with Crippen molar-refractivity contribution >= 4 is 23.1 Å². The lowest BCUT2D eigenvalue weighted by molar-refractivity contribution is -0.145. The van der Waals surface area contributed by atoms with Crippen LogP contribution in [0.4, 0.5) is 0 Å². The standard InChI is InChI=1S/C20H17NO5S/c1-2-24-18(22)13-25-14-7-9-15(10-8-14)26-20-16(5-3-11-21-20)19(23)17-6-4-12-27-17/h3-12H,2,13H2,1H3. The number of esters is 1. The summed E-state index contributed by atoms with van der Waals surface area (Å²) in [5.41, 5.74) is 0.391. The summed E-state index contributed by atoms with van der Waals surface area (Å²) in [5.74, 6) is 0.672. The van der Waals surface area contributed by atoms with Crippen molar-refractivity contribution in [2.45, 2.75) is 6.92 Å². The van der Waals surface area contributed by atoms with Gasteiger partial charge in [0.05, 0.1) is 17.0 Å². The first-order valence-corrected chi connectivity index (χ1v) is 9.15. The molecule has 2 heterocycles. The van der Waals surface area contributed by atoms with Crippen LogP contribution in [0.15, 0.2) is 60.1 Å². The molecule has 3 rings (SSSR count). The second kappa shape index (κ2) is 8.95. The molecule has 0 aliphatic heterocycles. The van der Waals surface area contributed by atoms with Gasteiger partial charge in [0, 0.05) is 6.20 Å². The van der Waals surface area contributed by atoms with E-state index in [4.69, 9.17) is 14.2 Å². The van der Waals surface area contributed by atoms with Gasteiger partial charge < -0.3 is 14.2 Å². The molecule has 0 aliphatic carbocycles. The molecule has 0 bridgehead atoms. The maximum absolute atomic E-state index is 12.6. The number of nitrogens with zero attached hydrogens (tertiary/aromatic N) is 1. The topological polar surface area (TPSA) is 74.7 Å². The minimum Gasteiger partial charge on any atom is -0.482 e. The molecule has 27 heavy (non-hydrogen) atoms. The number of carbonyl (C=O) groups excluding carboxylic acids is 2. The van der Waals surface area contributed by atoms with Crippen LogP contribution in [0.3, 0.4) is 0 Å². The number of hydrogen-bond acceptors (Lipinski definition) is 7. The van der Waals surface area contributed by atoms with Crippen molar-refractivity contribution in [1.29, 1.82) is 0 Å². The predicted molar refractivity (Wildman–Crippen MR) is 101 cm³/mol. The van der Waals surface area contributed by atoms with Crippen molar-refractivity contribution < 1.29 is 23.8 Å². The molecule has 3 aromatic rings. The number of benzene rings is 1. The van der Waals surface area contributed by atoms with Crippen LogP contribution in [0, 0.1) is 0 Å². The number of hydrogen-bond donors (Lipinski definition) is 0. The number of ketones is 1. The lowest BCUT2D eigenvalue weighted by atomic mass is 10.1. The highest BCUT2D eigenvalue weighted by atomic mass is 32.1. The number of aromatic nitrogens is 1. The van der Waals surface area contributed by atoms with E-state index in [1.165, 1.54) is 11.3 Å². The van der Waals surface area contributed by atoms with Crippen LogP contribution in [0.25, 0.3) is 0 Å². The number of rotatable bonds is 8. The summed E-state index contributed by atoms with van der Waals surface area (Å²) in [4.78, 5) is 28.7. The maximum atomic E-state index is 12.6. The van der Waals surface area contributed by atoms with Gasteiger partial charge in [0.15, 0.2) is 6.61 Å². The number of carbonyl (C=O) groups is 2. The Morgan fingerprint density at radius 2 is 1.81 bits per heavy atom. The largest absolute Gasteiger partial charge is 0.482 e. The average molecular weight is 383 g/mol. The van der Waals surface area contributed by atoms with Crippen LogP contribution in [-0.2, 0) is 9.53 Å². The zero-order chi connectivity index (χ0) is 19.1. The van der Waals surface area contributed by atoms with Crippen LogP contribution < -0.4 is 9.47 Å². The number of ether oxygens (including phenoxy) is 3. The fourth-order valence-corrected chi connectivity index (χ4v) is 2.92. The minimum atomic E-state index is -0.428. The van der Waals surface area contributed by atoms with Gasteiger partial charge in [-0.05, 0) is 54.8 Å². The van der Waals surface area contributed by atoms with E-state index < -0.39 is 5.97 Å². The predicted octanol–water partition coefficient (Wildman–Crippen LogP) is 4.11. The van der Waals surface area contributed by atoms with E-state index in [0.717, 1.165) is 0 Å². The Morgan fingerprint density at radius 3 is 2.52 bits per heavy atom. The van der Waals surface area contributed by atoms with Gasteiger partial charge in [0.2, 0.25) is 11.7 Å². The molecule has 0 spiro atoms. The van der Waals surface area contributed by atoms with Gasteiger partial charge >= 0.3 is 5.97 Å². The first-order valence-electron chi connectivity index (χ1n) is 8.27. The first kappa shape index (κ1) is 18.6. The molecule has 0 atom stereocenters. The fraction of sp³-hybridized carbons (Fsp3) is 0.150. The van der Waals surface area contributed by atoms with Gasteiger partial charge in [-0.2, -0.15) is 0 Å². The Bertz CT molecular complexity index is 906. The highest BCUT2D eigenvalue weighted by molar-refractivity contribution is 7.12. The van der Waals surface area contributed by atoms with Gasteiger partial charge in [-0.25, -0.2) is 9.78 Å². The third-order valence-electron chi connectivity index (χ3n) is 3.46. The molecule has 138 valence electrons. The molecular weight excluding hydrogens is 366 g/mol. The zero-order valence-electron chi connectivity index (χ0n) is 14.6. The highest BCUT2D eigenvalue weighted by Crippen LogP contribution is 2.27. The summed E-state index contributed by atoms with van der Waals surface area (Å²) in [7, 11) is 0. The second-order valence-corrected chi connectivity index (χ2v) is 6.28. The van der Waals surface area contributed by atoms with Crippen molar-refractivity contribution in [3.63, 3.8) is 0 Å². The summed E-state index contributed by atoms with van der Waals surface area (Å²) >= 11 is 1.37. The summed E-state index contributed by atoms with van der Waals surface area (Å²) in [6, 6.07) is 13.6. The lowest BCUT2D eigenvalue weighted by Gasteiger charge is -2.10. The van der Waals surface area contributed by atoms with Gasteiger partial charge in [0.25, 0.3) is 0 Å². The Hall–Kier alpha value is -3.19. The third kappa shape index (κ3) is 4.92. The first-order chi connectivity index (χ1) is 13.2. The van der Waals surface area contributed by atoms with Crippen LogP contribution in [0.5, 0.6) is 17.4 Å². The monoisotopic (exact) mass is 383 g/mol. The molecule has 0 amide bonds. The average Bonchev–Trinajstić information content (AvgIpc) is 3.22. The second-order valence-electron chi connectivity index (χ2n) is 5.33. The van der Waals surface area contributed by atoms with Gasteiger partial charge in [-0.3, -0.25) is 4.79 Å². The van der Waals surface area contributed by atoms with E-state index in [9.17, 15) is 9.59 Å².